The summed E-state index contributed by atoms with van der Waals surface area (Å²) in [6.07, 6.45) is 0. The van der Waals surface area contributed by atoms with Crippen LogP contribution in [-0.2, 0) is 6.54 Å². The minimum absolute atomic E-state index is 0.360. The number of carbonyl (C=O) groups is 1. The summed E-state index contributed by atoms with van der Waals surface area (Å²) in [5.41, 5.74) is 2.13. The number of hydrogen-bond acceptors (Lipinski definition) is 3. The number of aromatic carboxylic acids is 1. The van der Waals surface area contributed by atoms with E-state index in [0.29, 0.717) is 11.4 Å². The van der Waals surface area contributed by atoms with Gasteiger partial charge in [0.25, 0.3) is 0 Å². The Balaban J connectivity index is 2.12. The second kappa shape index (κ2) is 6.07. The number of anilines is 1. The van der Waals surface area contributed by atoms with Crippen LogP contribution in [0.5, 0.6) is 0 Å². The van der Waals surface area contributed by atoms with E-state index in [1.165, 1.54) is 11.3 Å². The fourth-order valence-electron chi connectivity index (χ4n) is 1.63. The van der Waals surface area contributed by atoms with Gasteiger partial charge >= 0.3 is 5.97 Å². The highest BCUT2D eigenvalue weighted by atomic mass is 79.9. The van der Waals surface area contributed by atoms with Gasteiger partial charge in [0.2, 0.25) is 0 Å². The first-order valence-electron chi connectivity index (χ1n) is 5.49. The normalized spacial score (nSPS) is 10.5. The van der Waals surface area contributed by atoms with E-state index in [4.69, 9.17) is 5.11 Å². The third-order valence-electron chi connectivity index (χ3n) is 2.50. The molecule has 0 aliphatic carbocycles. The van der Waals surface area contributed by atoms with Crippen molar-refractivity contribution in [3.8, 4) is 0 Å². The number of carboxylic acid groups (broad SMARTS) is 1. The number of aryl methyl sites for hydroxylation is 1. The summed E-state index contributed by atoms with van der Waals surface area (Å²) in [5, 5.41) is 12.2. The summed E-state index contributed by atoms with van der Waals surface area (Å²) >= 11 is 8.32. The van der Waals surface area contributed by atoms with E-state index in [1.807, 2.05) is 25.1 Å². The monoisotopic (exact) mass is 403 g/mol. The quantitative estimate of drug-likeness (QED) is 0.762. The zero-order chi connectivity index (χ0) is 14.0. The van der Waals surface area contributed by atoms with Crippen molar-refractivity contribution in [3.63, 3.8) is 0 Å². The first kappa shape index (κ1) is 14.6. The van der Waals surface area contributed by atoms with Crippen molar-refractivity contribution < 1.29 is 9.90 Å². The van der Waals surface area contributed by atoms with E-state index >= 15 is 0 Å². The smallest absolute Gasteiger partial charge is 0.345 e. The predicted octanol–water partition coefficient (Wildman–Crippen LogP) is 4.89. The lowest BCUT2D eigenvalue weighted by Crippen LogP contribution is -1.99. The minimum Gasteiger partial charge on any atom is -0.477 e. The highest BCUT2D eigenvalue weighted by Gasteiger charge is 2.09. The zero-order valence-electron chi connectivity index (χ0n) is 10.0. The topological polar surface area (TPSA) is 49.3 Å². The van der Waals surface area contributed by atoms with Crippen molar-refractivity contribution in [3.05, 3.63) is 48.5 Å². The number of benzene rings is 1. The molecule has 0 bridgehead atoms. The molecular weight excluding hydrogens is 394 g/mol. The van der Waals surface area contributed by atoms with Crippen LogP contribution in [0.4, 0.5) is 5.69 Å². The maximum Gasteiger partial charge on any atom is 0.345 e. The lowest BCUT2D eigenvalue weighted by molar-refractivity contribution is 0.0702. The first-order valence-corrected chi connectivity index (χ1v) is 7.89. The second-order valence-corrected chi connectivity index (χ2v) is 6.91. The molecule has 100 valence electrons. The number of hydrogen-bond donors (Lipinski definition) is 2. The van der Waals surface area contributed by atoms with Gasteiger partial charge in [-0.25, -0.2) is 4.79 Å². The summed E-state index contributed by atoms with van der Waals surface area (Å²) in [5.74, 6) is -0.881. The molecule has 1 aromatic carbocycles. The molecule has 0 aliphatic rings. The van der Waals surface area contributed by atoms with E-state index < -0.39 is 5.97 Å². The molecule has 6 heteroatoms. The molecule has 1 heterocycles. The van der Waals surface area contributed by atoms with Crippen molar-refractivity contribution in [2.75, 3.05) is 5.32 Å². The molecule has 0 saturated heterocycles. The van der Waals surface area contributed by atoms with Crippen molar-refractivity contribution in [1.29, 1.82) is 0 Å². The Morgan fingerprint density at radius 1 is 1.32 bits per heavy atom. The van der Waals surface area contributed by atoms with Crippen molar-refractivity contribution in [1.82, 2.24) is 0 Å². The SMILES string of the molecule is Cc1cc(Br)c(NCc2ccc(C(=O)O)s2)c(Br)c1. The largest absolute Gasteiger partial charge is 0.477 e. The Bertz CT molecular complexity index is 602. The van der Waals surface area contributed by atoms with E-state index in [1.54, 1.807) is 6.07 Å². The zero-order valence-corrected chi connectivity index (χ0v) is 14.0. The van der Waals surface area contributed by atoms with Crippen LogP contribution in [0.25, 0.3) is 0 Å². The van der Waals surface area contributed by atoms with Gasteiger partial charge in [-0.15, -0.1) is 11.3 Å². The molecule has 0 amide bonds. The summed E-state index contributed by atoms with van der Waals surface area (Å²) < 4.78 is 1.96. The predicted molar refractivity (Wildman–Crippen MR) is 85.2 cm³/mol. The van der Waals surface area contributed by atoms with Crippen LogP contribution >= 0.6 is 43.2 Å². The van der Waals surface area contributed by atoms with Gasteiger partial charge in [0, 0.05) is 20.4 Å². The van der Waals surface area contributed by atoms with E-state index in [9.17, 15) is 4.79 Å². The van der Waals surface area contributed by atoms with Crippen LogP contribution in [0, 0.1) is 6.92 Å². The molecule has 2 aromatic rings. The Hall–Kier alpha value is -0.850. The fourth-order valence-corrected chi connectivity index (χ4v) is 4.11. The van der Waals surface area contributed by atoms with Gasteiger partial charge in [-0.2, -0.15) is 0 Å². The first-order chi connectivity index (χ1) is 8.97. The summed E-state index contributed by atoms with van der Waals surface area (Å²) in [6, 6.07) is 7.52. The van der Waals surface area contributed by atoms with Crippen LogP contribution < -0.4 is 5.32 Å². The Kier molecular flexibility index (Phi) is 4.65. The molecular formula is C13H11Br2NO2S. The molecule has 0 unspecified atom stereocenters. The fraction of sp³-hybridized carbons (Fsp3) is 0.154. The summed E-state index contributed by atoms with van der Waals surface area (Å²) in [7, 11) is 0. The molecule has 19 heavy (non-hydrogen) atoms. The van der Waals surface area contributed by atoms with Gasteiger partial charge in [0.15, 0.2) is 0 Å². The van der Waals surface area contributed by atoms with Crippen LogP contribution in [0.1, 0.15) is 20.1 Å². The van der Waals surface area contributed by atoms with E-state index in [2.05, 4.69) is 37.2 Å². The molecule has 0 radical (unpaired) electrons. The van der Waals surface area contributed by atoms with Crippen LogP contribution in [-0.4, -0.2) is 11.1 Å². The Labute approximate surface area is 131 Å². The van der Waals surface area contributed by atoms with Crippen LogP contribution in [0.2, 0.25) is 0 Å². The molecule has 0 aliphatic heterocycles. The van der Waals surface area contributed by atoms with Crippen molar-refractivity contribution >= 4 is 54.9 Å². The lowest BCUT2D eigenvalue weighted by atomic mass is 10.2. The number of thiophene rings is 1. The number of nitrogens with one attached hydrogen (secondary N) is 1. The third-order valence-corrected chi connectivity index (χ3v) is 4.82. The van der Waals surface area contributed by atoms with Crippen LogP contribution in [0.3, 0.4) is 0 Å². The maximum atomic E-state index is 10.8. The van der Waals surface area contributed by atoms with Gasteiger partial charge < -0.3 is 10.4 Å². The van der Waals surface area contributed by atoms with Gasteiger partial charge in [0.1, 0.15) is 4.88 Å². The summed E-state index contributed by atoms with van der Waals surface area (Å²) in [4.78, 5) is 12.2. The highest BCUT2D eigenvalue weighted by molar-refractivity contribution is 9.11. The minimum atomic E-state index is -0.881. The molecule has 3 nitrogen and oxygen atoms in total. The van der Waals surface area contributed by atoms with E-state index in [-0.39, 0.29) is 0 Å². The van der Waals surface area contributed by atoms with Gasteiger partial charge in [-0.05, 0) is 68.6 Å². The van der Waals surface area contributed by atoms with Gasteiger partial charge in [0.05, 0.1) is 5.69 Å². The molecule has 0 saturated carbocycles. The van der Waals surface area contributed by atoms with E-state index in [0.717, 1.165) is 25.1 Å². The molecule has 1 aromatic heterocycles. The number of rotatable bonds is 4. The van der Waals surface area contributed by atoms with Gasteiger partial charge in [-0.3, -0.25) is 0 Å². The maximum absolute atomic E-state index is 10.8. The second-order valence-electron chi connectivity index (χ2n) is 4.03. The number of halogens is 2. The molecule has 2 rings (SSSR count). The Morgan fingerprint density at radius 2 is 1.95 bits per heavy atom. The molecule has 0 spiro atoms. The summed E-state index contributed by atoms with van der Waals surface area (Å²) in [6.45, 7) is 2.62. The molecule has 0 fully saturated rings. The highest BCUT2D eigenvalue weighted by Crippen LogP contribution is 2.33. The van der Waals surface area contributed by atoms with Gasteiger partial charge in [-0.1, -0.05) is 0 Å². The molecule has 2 N–H and O–H groups in total. The third kappa shape index (κ3) is 3.58. The lowest BCUT2D eigenvalue weighted by Gasteiger charge is -2.11. The Morgan fingerprint density at radius 3 is 2.47 bits per heavy atom. The molecule has 0 atom stereocenters. The number of carboxylic acids is 1. The average Bonchev–Trinajstić information content (AvgIpc) is 2.76. The van der Waals surface area contributed by atoms with Crippen molar-refractivity contribution in [2.24, 2.45) is 0 Å². The van der Waals surface area contributed by atoms with Crippen LogP contribution in [0.15, 0.2) is 33.2 Å². The standard InChI is InChI=1S/C13H11Br2NO2S/c1-7-4-9(14)12(10(15)5-7)16-6-8-2-3-11(19-8)13(17)18/h2-5,16H,6H2,1H3,(H,17,18). The van der Waals surface area contributed by atoms with Crippen molar-refractivity contribution in [2.45, 2.75) is 13.5 Å². The average molecular weight is 405 g/mol.